The monoisotopic (exact) mass is 622 g/mol. The van der Waals surface area contributed by atoms with Gasteiger partial charge in [-0.25, -0.2) is 0 Å². The Bertz CT molecular complexity index is 1450. The van der Waals surface area contributed by atoms with Crippen LogP contribution in [0, 0.1) is 0 Å². The third kappa shape index (κ3) is 7.62. The van der Waals surface area contributed by atoms with Crippen molar-refractivity contribution in [3.63, 3.8) is 0 Å². The summed E-state index contributed by atoms with van der Waals surface area (Å²) in [7, 11) is 0. The minimum Gasteiger partial charge on any atom is -0.286 e. The quantitative estimate of drug-likeness (QED) is 0.182. The first-order valence-electron chi connectivity index (χ1n) is 11.6. The van der Waals surface area contributed by atoms with Crippen LogP contribution in [-0.4, -0.2) is 29.2 Å². The van der Waals surface area contributed by atoms with E-state index in [9.17, 15) is 0 Å². The highest BCUT2D eigenvalue weighted by Crippen LogP contribution is 2.16. The van der Waals surface area contributed by atoms with Crippen LogP contribution >= 0.6 is 60.4 Å². The van der Waals surface area contributed by atoms with E-state index in [1.807, 2.05) is 81.9 Å². The molecule has 0 aliphatic carbocycles. The standard InChI is InChI=1S/2C14H12ClN3.3ClH/c2*15-10-12-7-4-8-18-13(16-17-14(12)18)9-11-5-2-1-3-6-11;;;/h2*1-8H,9-10H2;3*1H. The van der Waals surface area contributed by atoms with Crippen molar-refractivity contribution in [1.82, 2.24) is 29.2 Å². The summed E-state index contributed by atoms with van der Waals surface area (Å²) in [5.74, 6) is 2.77. The summed E-state index contributed by atoms with van der Waals surface area (Å²) < 4.78 is 4.01. The molecule has 0 spiro atoms. The van der Waals surface area contributed by atoms with Crippen molar-refractivity contribution in [2.75, 3.05) is 0 Å². The molecule has 0 amide bonds. The molecular weight excluding hydrogens is 598 g/mol. The van der Waals surface area contributed by atoms with Crippen LogP contribution in [0.25, 0.3) is 11.3 Å². The van der Waals surface area contributed by atoms with Gasteiger partial charge in [-0.15, -0.1) is 80.8 Å². The van der Waals surface area contributed by atoms with Gasteiger partial charge in [-0.1, -0.05) is 72.8 Å². The van der Waals surface area contributed by atoms with E-state index in [1.165, 1.54) is 11.1 Å². The summed E-state index contributed by atoms with van der Waals surface area (Å²) in [6.45, 7) is 0. The first-order valence-corrected chi connectivity index (χ1v) is 12.7. The van der Waals surface area contributed by atoms with Crippen LogP contribution in [0.1, 0.15) is 33.9 Å². The maximum atomic E-state index is 5.89. The number of halogens is 5. The number of nitrogens with zero attached hydrogens (tertiary/aromatic N) is 6. The van der Waals surface area contributed by atoms with Gasteiger partial charge in [-0.05, 0) is 23.3 Å². The van der Waals surface area contributed by atoms with Crippen molar-refractivity contribution in [3.8, 4) is 0 Å². The Morgan fingerprint density at radius 2 is 0.872 bits per heavy atom. The van der Waals surface area contributed by atoms with Crippen molar-refractivity contribution < 1.29 is 0 Å². The molecule has 0 fully saturated rings. The molecule has 39 heavy (non-hydrogen) atoms. The molecule has 0 bridgehead atoms. The predicted molar refractivity (Wildman–Crippen MR) is 165 cm³/mol. The van der Waals surface area contributed by atoms with E-state index < -0.39 is 0 Å². The molecule has 0 aliphatic rings. The van der Waals surface area contributed by atoms with Crippen molar-refractivity contribution in [2.24, 2.45) is 0 Å². The topological polar surface area (TPSA) is 60.4 Å². The van der Waals surface area contributed by atoms with Gasteiger partial charge in [0.25, 0.3) is 0 Å². The Morgan fingerprint density at radius 1 is 0.487 bits per heavy atom. The van der Waals surface area contributed by atoms with Crippen LogP contribution in [0.2, 0.25) is 0 Å². The predicted octanol–water partition coefficient (Wildman–Crippen LogP) is 7.38. The van der Waals surface area contributed by atoms with Gasteiger partial charge in [0.05, 0.1) is 11.8 Å². The largest absolute Gasteiger partial charge is 0.286 e. The third-order valence-electron chi connectivity index (χ3n) is 5.87. The van der Waals surface area contributed by atoms with E-state index in [2.05, 4.69) is 44.7 Å². The Balaban J connectivity index is 0.000000254. The summed E-state index contributed by atoms with van der Waals surface area (Å²) in [5.41, 5.74) is 6.15. The Labute approximate surface area is 255 Å². The zero-order valence-electron chi connectivity index (χ0n) is 20.7. The molecule has 0 saturated heterocycles. The minimum atomic E-state index is 0. The van der Waals surface area contributed by atoms with Gasteiger partial charge in [0.1, 0.15) is 11.6 Å². The summed E-state index contributed by atoms with van der Waals surface area (Å²) in [4.78, 5) is 0. The molecule has 0 saturated carbocycles. The van der Waals surface area contributed by atoms with Gasteiger partial charge in [0.15, 0.2) is 11.3 Å². The van der Waals surface area contributed by atoms with Gasteiger partial charge in [0.2, 0.25) is 0 Å². The summed E-state index contributed by atoms with van der Waals surface area (Å²) in [6, 6.07) is 28.4. The van der Waals surface area contributed by atoms with Crippen LogP contribution in [0.15, 0.2) is 97.3 Å². The average Bonchev–Trinajstić information content (AvgIpc) is 3.54. The van der Waals surface area contributed by atoms with E-state index in [0.29, 0.717) is 11.8 Å². The maximum absolute atomic E-state index is 5.89. The number of aromatic nitrogens is 6. The number of pyridine rings is 2. The second kappa shape index (κ2) is 15.7. The highest BCUT2D eigenvalue weighted by Gasteiger charge is 2.10. The van der Waals surface area contributed by atoms with Crippen molar-refractivity contribution in [1.29, 1.82) is 0 Å². The molecule has 4 heterocycles. The fourth-order valence-electron chi connectivity index (χ4n) is 4.04. The lowest BCUT2D eigenvalue weighted by molar-refractivity contribution is 0.934. The zero-order valence-corrected chi connectivity index (χ0v) is 24.7. The Hall–Kier alpha value is -2.87. The van der Waals surface area contributed by atoms with E-state index in [4.69, 9.17) is 23.2 Å². The van der Waals surface area contributed by atoms with Crippen LogP contribution in [0.5, 0.6) is 0 Å². The molecule has 0 atom stereocenters. The molecular formula is C28H27Cl5N6. The summed E-state index contributed by atoms with van der Waals surface area (Å²) >= 11 is 11.8. The molecule has 11 heteroatoms. The molecule has 4 aromatic heterocycles. The molecule has 204 valence electrons. The van der Waals surface area contributed by atoms with Crippen molar-refractivity contribution in [2.45, 2.75) is 24.6 Å². The van der Waals surface area contributed by atoms with Gasteiger partial charge in [-0.3, -0.25) is 8.80 Å². The van der Waals surface area contributed by atoms with Gasteiger partial charge in [0, 0.05) is 36.4 Å². The maximum Gasteiger partial charge on any atom is 0.165 e. The lowest BCUT2D eigenvalue weighted by atomic mass is 10.1. The van der Waals surface area contributed by atoms with Crippen LogP contribution in [0.4, 0.5) is 0 Å². The number of alkyl halides is 2. The SMILES string of the molecule is Cl.Cl.Cl.ClCc1cccn2c(Cc3ccccc3)nnc12.ClCc1cccn2c(Cc3ccccc3)nnc12. The molecule has 0 unspecified atom stereocenters. The number of benzene rings is 2. The zero-order chi connectivity index (χ0) is 24.7. The average molecular weight is 625 g/mol. The molecule has 6 rings (SSSR count). The fourth-order valence-corrected chi connectivity index (χ4v) is 4.46. The lowest BCUT2D eigenvalue weighted by Gasteiger charge is -2.02. The van der Waals surface area contributed by atoms with E-state index in [0.717, 1.165) is 46.9 Å². The first-order chi connectivity index (χ1) is 17.8. The highest BCUT2D eigenvalue weighted by atomic mass is 35.5. The van der Waals surface area contributed by atoms with Crippen LogP contribution < -0.4 is 0 Å². The molecule has 6 aromatic rings. The minimum absolute atomic E-state index is 0. The normalized spacial score (nSPS) is 10.1. The van der Waals surface area contributed by atoms with Crippen molar-refractivity contribution in [3.05, 3.63) is 131 Å². The number of hydrogen-bond donors (Lipinski definition) is 0. The van der Waals surface area contributed by atoms with Gasteiger partial charge in [-0.2, -0.15) is 0 Å². The smallest absolute Gasteiger partial charge is 0.165 e. The Kier molecular flexibility index (Phi) is 13.0. The second-order valence-corrected chi connectivity index (χ2v) is 8.81. The van der Waals surface area contributed by atoms with Gasteiger partial charge < -0.3 is 0 Å². The van der Waals surface area contributed by atoms with Gasteiger partial charge >= 0.3 is 0 Å². The van der Waals surface area contributed by atoms with E-state index in [1.54, 1.807) is 0 Å². The third-order valence-corrected chi connectivity index (χ3v) is 6.45. The summed E-state index contributed by atoms with van der Waals surface area (Å²) in [5, 5.41) is 16.9. The highest BCUT2D eigenvalue weighted by molar-refractivity contribution is 6.17. The first kappa shape index (κ1) is 32.3. The Morgan fingerprint density at radius 3 is 1.23 bits per heavy atom. The van der Waals surface area contributed by atoms with Crippen LogP contribution in [-0.2, 0) is 24.6 Å². The van der Waals surface area contributed by atoms with E-state index in [-0.39, 0.29) is 37.2 Å². The van der Waals surface area contributed by atoms with Crippen molar-refractivity contribution >= 4 is 71.7 Å². The molecule has 2 aromatic carbocycles. The molecule has 0 N–H and O–H groups in total. The number of rotatable bonds is 6. The number of hydrogen-bond acceptors (Lipinski definition) is 4. The lowest BCUT2D eigenvalue weighted by Crippen LogP contribution is -1.97. The second-order valence-electron chi connectivity index (χ2n) is 8.28. The summed E-state index contributed by atoms with van der Waals surface area (Å²) in [6.07, 6.45) is 5.49. The van der Waals surface area contributed by atoms with E-state index >= 15 is 0 Å². The molecule has 0 aliphatic heterocycles. The number of fused-ring (bicyclic) bond motifs is 2. The fraction of sp³-hybridized carbons (Fsp3) is 0.143. The van der Waals surface area contributed by atoms with Crippen LogP contribution in [0.3, 0.4) is 0 Å². The molecule has 6 nitrogen and oxygen atoms in total. The molecule has 0 radical (unpaired) electrons.